The molecule has 0 saturated carbocycles. The van der Waals surface area contributed by atoms with E-state index in [2.05, 4.69) is 0 Å². The lowest BCUT2D eigenvalue weighted by Crippen LogP contribution is -2.58. The van der Waals surface area contributed by atoms with Gasteiger partial charge < -0.3 is 19.7 Å². The number of benzene rings is 3. The van der Waals surface area contributed by atoms with Gasteiger partial charge in [-0.2, -0.15) is 0 Å². The van der Waals surface area contributed by atoms with Crippen LogP contribution in [0.4, 0.5) is 4.39 Å². The molecule has 1 aliphatic heterocycles. The monoisotopic (exact) mass is 422 g/mol. The highest BCUT2D eigenvalue weighted by molar-refractivity contribution is 5.26. The molecule has 3 aromatic carbocycles. The van der Waals surface area contributed by atoms with Crippen LogP contribution in [0.3, 0.4) is 0 Å². The minimum atomic E-state index is -2.34. The Bertz CT molecular complexity index is 953. The Kier molecular flexibility index (Phi) is 6.49. The van der Waals surface area contributed by atoms with Gasteiger partial charge in [0.15, 0.2) is 5.60 Å². The molecule has 5 heteroatoms. The van der Waals surface area contributed by atoms with Crippen LogP contribution >= 0.6 is 0 Å². The molecule has 1 aliphatic rings. The fourth-order valence-corrected chi connectivity index (χ4v) is 4.28. The fourth-order valence-electron chi connectivity index (χ4n) is 4.28. The summed E-state index contributed by atoms with van der Waals surface area (Å²) >= 11 is 0. The zero-order valence-corrected chi connectivity index (χ0v) is 17.2. The molecule has 2 N–H and O–H groups in total. The molecule has 0 amide bonds. The van der Waals surface area contributed by atoms with E-state index in [-0.39, 0.29) is 19.4 Å². The SMILES string of the molecule is OC[C@H]1OC(F)(Cc2ccccc2)[C@](Cc2ccccc2)(OCc2ccccc2)[C@H]1O. The summed E-state index contributed by atoms with van der Waals surface area (Å²) in [5.41, 5.74) is 0.688. The Labute approximate surface area is 181 Å². The Hall–Kier alpha value is -2.57. The highest BCUT2D eigenvalue weighted by Crippen LogP contribution is 2.48. The average Bonchev–Trinajstić information content (AvgIpc) is 3.01. The fraction of sp³-hybridized carbons (Fsp3) is 0.308. The standard InChI is InChI=1S/C26H27FO4/c27-26(17-21-12-6-2-7-13-21)25(24(29)23(18-28)31-26,16-20-10-4-1-5-11-20)30-19-22-14-8-3-9-15-22/h1-15,23-24,28-29H,16-19H2/t23-,24+,25-,26?/m1/s1. The quantitative estimate of drug-likeness (QED) is 0.579. The molecular weight excluding hydrogens is 395 g/mol. The second kappa shape index (κ2) is 9.28. The van der Waals surface area contributed by atoms with Gasteiger partial charge in [0, 0.05) is 12.8 Å². The summed E-state index contributed by atoms with van der Waals surface area (Å²) < 4.78 is 28.7. The van der Waals surface area contributed by atoms with E-state index < -0.39 is 30.3 Å². The third kappa shape index (κ3) is 4.41. The molecule has 1 heterocycles. The van der Waals surface area contributed by atoms with Gasteiger partial charge in [-0.15, -0.1) is 0 Å². The van der Waals surface area contributed by atoms with Crippen LogP contribution in [0, 0.1) is 0 Å². The highest BCUT2D eigenvalue weighted by Gasteiger charge is 2.67. The van der Waals surface area contributed by atoms with Crippen molar-refractivity contribution in [3.05, 3.63) is 108 Å². The summed E-state index contributed by atoms with van der Waals surface area (Å²) in [5.74, 6) is -2.34. The molecule has 31 heavy (non-hydrogen) atoms. The van der Waals surface area contributed by atoms with E-state index in [1.165, 1.54) is 0 Å². The van der Waals surface area contributed by atoms with Crippen molar-refractivity contribution in [2.45, 2.75) is 43.1 Å². The molecule has 0 aromatic heterocycles. The first kappa shape index (κ1) is 21.7. The van der Waals surface area contributed by atoms with Gasteiger partial charge in [0.1, 0.15) is 12.2 Å². The van der Waals surface area contributed by atoms with E-state index in [4.69, 9.17) is 9.47 Å². The summed E-state index contributed by atoms with van der Waals surface area (Å²) in [5, 5.41) is 21.0. The third-order valence-electron chi connectivity index (χ3n) is 5.90. The number of halogens is 1. The summed E-state index contributed by atoms with van der Waals surface area (Å²) in [6.07, 6.45) is -2.45. The number of aliphatic hydroxyl groups is 2. The zero-order chi connectivity index (χ0) is 21.7. The van der Waals surface area contributed by atoms with Crippen molar-refractivity contribution in [1.29, 1.82) is 0 Å². The minimum absolute atomic E-state index is 0.0989. The van der Waals surface area contributed by atoms with Gasteiger partial charge in [0.25, 0.3) is 0 Å². The molecule has 0 aliphatic carbocycles. The molecule has 4 atom stereocenters. The van der Waals surface area contributed by atoms with Crippen molar-refractivity contribution >= 4 is 0 Å². The van der Waals surface area contributed by atoms with E-state index >= 15 is 4.39 Å². The number of hydrogen-bond donors (Lipinski definition) is 2. The molecule has 4 nitrogen and oxygen atoms in total. The van der Waals surface area contributed by atoms with E-state index in [0.29, 0.717) is 0 Å². The first-order valence-corrected chi connectivity index (χ1v) is 10.5. The van der Waals surface area contributed by atoms with Crippen molar-refractivity contribution in [2.24, 2.45) is 0 Å². The second-order valence-corrected chi connectivity index (χ2v) is 8.00. The molecule has 1 saturated heterocycles. The number of aliphatic hydroxyl groups excluding tert-OH is 2. The number of rotatable bonds is 8. The molecular formula is C26H27FO4. The molecule has 162 valence electrons. The maximum Gasteiger partial charge on any atom is 0.246 e. The van der Waals surface area contributed by atoms with Crippen molar-refractivity contribution in [2.75, 3.05) is 6.61 Å². The molecule has 1 fully saturated rings. The Morgan fingerprint density at radius 1 is 0.774 bits per heavy atom. The van der Waals surface area contributed by atoms with E-state index in [0.717, 1.165) is 16.7 Å². The van der Waals surface area contributed by atoms with Crippen LogP contribution in [0.2, 0.25) is 0 Å². The summed E-state index contributed by atoms with van der Waals surface area (Å²) in [6, 6.07) is 27.9. The lowest BCUT2D eigenvalue weighted by atomic mass is 9.80. The van der Waals surface area contributed by atoms with Crippen LogP contribution in [0.5, 0.6) is 0 Å². The third-order valence-corrected chi connectivity index (χ3v) is 5.90. The van der Waals surface area contributed by atoms with Crippen LogP contribution in [-0.2, 0) is 28.9 Å². The van der Waals surface area contributed by atoms with Gasteiger partial charge in [-0.05, 0) is 16.7 Å². The van der Waals surface area contributed by atoms with Crippen LogP contribution in [0.15, 0.2) is 91.0 Å². The molecule has 1 unspecified atom stereocenters. The second-order valence-electron chi connectivity index (χ2n) is 8.00. The number of alkyl halides is 1. The lowest BCUT2D eigenvalue weighted by Gasteiger charge is -2.40. The minimum Gasteiger partial charge on any atom is -0.394 e. The molecule has 0 spiro atoms. The van der Waals surface area contributed by atoms with E-state index in [1.807, 2.05) is 91.0 Å². The highest BCUT2D eigenvalue weighted by atomic mass is 19.2. The van der Waals surface area contributed by atoms with Crippen LogP contribution in [-0.4, -0.2) is 40.5 Å². The van der Waals surface area contributed by atoms with Crippen LogP contribution in [0.25, 0.3) is 0 Å². The van der Waals surface area contributed by atoms with Crippen molar-refractivity contribution in [1.82, 2.24) is 0 Å². The van der Waals surface area contributed by atoms with Gasteiger partial charge in [-0.25, -0.2) is 4.39 Å². The lowest BCUT2D eigenvalue weighted by molar-refractivity contribution is -0.244. The van der Waals surface area contributed by atoms with Crippen LogP contribution in [0.1, 0.15) is 16.7 Å². The van der Waals surface area contributed by atoms with Gasteiger partial charge in [0.05, 0.1) is 13.2 Å². The number of ether oxygens (including phenoxy) is 2. The largest absolute Gasteiger partial charge is 0.394 e. The first-order valence-electron chi connectivity index (χ1n) is 10.5. The normalized spacial score (nSPS) is 28.0. The summed E-state index contributed by atoms with van der Waals surface area (Å²) in [4.78, 5) is 0. The van der Waals surface area contributed by atoms with E-state index in [9.17, 15) is 10.2 Å². The molecule has 0 bridgehead atoms. The topological polar surface area (TPSA) is 58.9 Å². The van der Waals surface area contributed by atoms with Crippen LogP contribution < -0.4 is 0 Å². The Morgan fingerprint density at radius 2 is 1.26 bits per heavy atom. The smallest absolute Gasteiger partial charge is 0.246 e. The van der Waals surface area contributed by atoms with Gasteiger partial charge in [0.2, 0.25) is 5.85 Å². The van der Waals surface area contributed by atoms with Crippen molar-refractivity contribution < 1.29 is 24.1 Å². The molecule has 3 aromatic rings. The maximum absolute atomic E-state index is 16.8. The van der Waals surface area contributed by atoms with Crippen molar-refractivity contribution in [3.63, 3.8) is 0 Å². The van der Waals surface area contributed by atoms with Crippen molar-refractivity contribution in [3.8, 4) is 0 Å². The summed E-state index contributed by atoms with van der Waals surface area (Å²) in [7, 11) is 0. The Morgan fingerprint density at radius 3 is 1.77 bits per heavy atom. The molecule has 0 radical (unpaired) electrons. The predicted molar refractivity (Wildman–Crippen MR) is 116 cm³/mol. The zero-order valence-electron chi connectivity index (χ0n) is 17.2. The molecule has 4 rings (SSSR count). The summed E-state index contributed by atoms with van der Waals surface area (Å²) in [6.45, 7) is -0.403. The predicted octanol–water partition coefficient (Wildman–Crippen LogP) is 3.85. The average molecular weight is 422 g/mol. The number of hydrogen-bond acceptors (Lipinski definition) is 4. The Balaban J connectivity index is 1.75. The maximum atomic E-state index is 16.8. The van der Waals surface area contributed by atoms with Gasteiger partial charge >= 0.3 is 0 Å². The first-order chi connectivity index (χ1) is 15.1. The van der Waals surface area contributed by atoms with Gasteiger partial charge in [-0.3, -0.25) is 0 Å². The van der Waals surface area contributed by atoms with Gasteiger partial charge in [-0.1, -0.05) is 91.0 Å². The van der Waals surface area contributed by atoms with E-state index in [1.54, 1.807) is 0 Å².